The quantitative estimate of drug-likeness (QED) is 0.556. The molecule has 2 heterocycles. The lowest BCUT2D eigenvalue weighted by Crippen LogP contribution is -2.38. The maximum absolute atomic E-state index is 2.83. The van der Waals surface area contributed by atoms with Crippen LogP contribution in [0.15, 0.2) is 60.7 Å². The van der Waals surface area contributed by atoms with Gasteiger partial charge in [0.25, 0.3) is 0 Å². The Morgan fingerprint density at radius 2 is 1.26 bits per heavy atom. The van der Waals surface area contributed by atoms with Gasteiger partial charge in [0, 0.05) is 32.1 Å². The van der Waals surface area contributed by atoms with Gasteiger partial charge in [-0.05, 0) is 67.7 Å². The van der Waals surface area contributed by atoms with E-state index in [2.05, 4.69) is 70.5 Å². The number of likely N-dealkylation sites (tertiary alicyclic amines) is 2. The van der Waals surface area contributed by atoms with E-state index in [1.807, 2.05) is 0 Å². The fraction of sp³-hybridized carbons (Fsp3) is 0.586. The SMILES string of the molecule is c1ccc(C2CCN(CC3CN(CC4CCCCC4)CC3c3ccccc3)CC2)cc1. The molecule has 166 valence electrons. The Balaban J connectivity index is 1.21. The first-order valence-electron chi connectivity index (χ1n) is 12.9. The average Bonchev–Trinajstić information content (AvgIpc) is 3.23. The summed E-state index contributed by atoms with van der Waals surface area (Å²) in [6.45, 7) is 7.72. The van der Waals surface area contributed by atoms with Crippen molar-refractivity contribution in [2.24, 2.45) is 11.8 Å². The minimum atomic E-state index is 0.705. The van der Waals surface area contributed by atoms with E-state index in [-0.39, 0.29) is 0 Å². The molecule has 0 N–H and O–H groups in total. The zero-order chi connectivity index (χ0) is 20.9. The lowest BCUT2D eigenvalue weighted by Gasteiger charge is -2.35. The molecule has 0 spiro atoms. The smallest absolute Gasteiger partial charge is 0.00542 e. The predicted molar refractivity (Wildman–Crippen MR) is 131 cm³/mol. The average molecular weight is 417 g/mol. The first kappa shape index (κ1) is 21.2. The van der Waals surface area contributed by atoms with Gasteiger partial charge in [0.1, 0.15) is 0 Å². The summed E-state index contributed by atoms with van der Waals surface area (Å²) in [6, 6.07) is 22.6. The van der Waals surface area contributed by atoms with Gasteiger partial charge in [0.2, 0.25) is 0 Å². The van der Waals surface area contributed by atoms with E-state index >= 15 is 0 Å². The van der Waals surface area contributed by atoms with Gasteiger partial charge < -0.3 is 9.80 Å². The van der Waals surface area contributed by atoms with Crippen molar-refractivity contribution in [1.29, 1.82) is 0 Å². The lowest BCUT2D eigenvalue weighted by molar-refractivity contribution is 0.173. The highest BCUT2D eigenvalue weighted by Gasteiger charge is 2.36. The summed E-state index contributed by atoms with van der Waals surface area (Å²) in [5, 5.41) is 0. The second-order valence-corrected chi connectivity index (χ2v) is 10.5. The molecule has 1 saturated carbocycles. The molecule has 2 aromatic carbocycles. The maximum Gasteiger partial charge on any atom is 0.00542 e. The molecule has 1 aliphatic carbocycles. The van der Waals surface area contributed by atoms with Crippen molar-refractivity contribution in [2.45, 2.75) is 56.8 Å². The third kappa shape index (κ3) is 5.41. The molecule has 31 heavy (non-hydrogen) atoms. The Morgan fingerprint density at radius 1 is 0.613 bits per heavy atom. The Morgan fingerprint density at radius 3 is 1.94 bits per heavy atom. The Hall–Kier alpha value is -1.64. The third-order valence-electron chi connectivity index (χ3n) is 8.34. The standard InChI is InChI=1S/C29H40N2/c1-4-10-24(11-5-1)20-31-22-28(29(23-31)27-14-8-3-9-15-27)21-30-18-16-26(17-19-30)25-12-6-2-7-13-25/h2-3,6-9,12-15,24,26,28-29H,1,4-5,10-11,16-23H2. The molecule has 5 rings (SSSR count). The molecule has 0 amide bonds. The van der Waals surface area contributed by atoms with Crippen molar-refractivity contribution in [3.63, 3.8) is 0 Å². The van der Waals surface area contributed by atoms with Gasteiger partial charge in [0.05, 0.1) is 0 Å². The summed E-state index contributed by atoms with van der Waals surface area (Å²) >= 11 is 0. The van der Waals surface area contributed by atoms with Gasteiger partial charge >= 0.3 is 0 Å². The van der Waals surface area contributed by atoms with Crippen molar-refractivity contribution < 1.29 is 0 Å². The van der Waals surface area contributed by atoms with E-state index in [1.165, 1.54) is 84.2 Å². The highest BCUT2D eigenvalue weighted by Crippen LogP contribution is 2.36. The van der Waals surface area contributed by atoms with E-state index in [0.717, 1.165) is 17.8 Å². The van der Waals surface area contributed by atoms with Crippen LogP contribution < -0.4 is 0 Å². The zero-order valence-corrected chi connectivity index (χ0v) is 19.2. The molecule has 3 aliphatic rings. The predicted octanol–water partition coefficient (Wildman–Crippen LogP) is 6.16. The zero-order valence-electron chi connectivity index (χ0n) is 19.2. The van der Waals surface area contributed by atoms with Crippen LogP contribution in [0.3, 0.4) is 0 Å². The monoisotopic (exact) mass is 416 g/mol. The molecular formula is C29H40N2. The summed E-state index contributed by atoms with van der Waals surface area (Å²) in [5.41, 5.74) is 3.11. The second-order valence-electron chi connectivity index (χ2n) is 10.5. The fourth-order valence-electron chi connectivity index (χ4n) is 6.61. The first-order valence-corrected chi connectivity index (χ1v) is 12.9. The van der Waals surface area contributed by atoms with Gasteiger partial charge in [-0.2, -0.15) is 0 Å². The lowest BCUT2D eigenvalue weighted by atomic mass is 9.86. The van der Waals surface area contributed by atoms with Gasteiger partial charge in [-0.3, -0.25) is 0 Å². The van der Waals surface area contributed by atoms with Crippen LogP contribution in [-0.4, -0.2) is 49.1 Å². The normalized spacial score (nSPS) is 27.0. The molecule has 0 bridgehead atoms. The van der Waals surface area contributed by atoms with Crippen LogP contribution >= 0.6 is 0 Å². The Bertz CT molecular complexity index is 775. The van der Waals surface area contributed by atoms with Crippen molar-refractivity contribution in [3.05, 3.63) is 71.8 Å². The first-order chi connectivity index (χ1) is 15.3. The highest BCUT2D eigenvalue weighted by molar-refractivity contribution is 5.23. The van der Waals surface area contributed by atoms with E-state index in [4.69, 9.17) is 0 Å². The minimum Gasteiger partial charge on any atom is -0.303 e. The van der Waals surface area contributed by atoms with Crippen LogP contribution in [0.2, 0.25) is 0 Å². The fourth-order valence-corrected chi connectivity index (χ4v) is 6.61. The number of piperidine rings is 1. The van der Waals surface area contributed by atoms with Gasteiger partial charge in [0.15, 0.2) is 0 Å². The number of hydrogen-bond acceptors (Lipinski definition) is 2. The molecule has 2 aromatic rings. The molecule has 2 aliphatic heterocycles. The molecule has 3 fully saturated rings. The van der Waals surface area contributed by atoms with E-state index in [1.54, 1.807) is 11.1 Å². The molecule has 2 unspecified atom stereocenters. The Labute approximate surface area is 189 Å². The van der Waals surface area contributed by atoms with Crippen LogP contribution in [0.5, 0.6) is 0 Å². The number of rotatable bonds is 6. The van der Waals surface area contributed by atoms with Gasteiger partial charge in [-0.25, -0.2) is 0 Å². The van der Waals surface area contributed by atoms with Crippen LogP contribution in [0.1, 0.15) is 67.9 Å². The molecule has 2 saturated heterocycles. The van der Waals surface area contributed by atoms with Gasteiger partial charge in [-0.1, -0.05) is 79.9 Å². The van der Waals surface area contributed by atoms with Crippen molar-refractivity contribution in [3.8, 4) is 0 Å². The van der Waals surface area contributed by atoms with Crippen molar-refractivity contribution in [2.75, 3.05) is 39.3 Å². The summed E-state index contributed by atoms with van der Waals surface area (Å²) in [6.07, 6.45) is 9.94. The van der Waals surface area contributed by atoms with E-state index in [0.29, 0.717) is 5.92 Å². The van der Waals surface area contributed by atoms with Crippen molar-refractivity contribution >= 4 is 0 Å². The largest absolute Gasteiger partial charge is 0.303 e. The summed E-state index contributed by atoms with van der Waals surface area (Å²) in [5.74, 6) is 3.19. The Kier molecular flexibility index (Phi) is 7.06. The number of hydrogen-bond donors (Lipinski definition) is 0. The topological polar surface area (TPSA) is 6.48 Å². The molecule has 2 atom stereocenters. The van der Waals surface area contributed by atoms with Crippen LogP contribution in [0.25, 0.3) is 0 Å². The third-order valence-corrected chi connectivity index (χ3v) is 8.34. The summed E-state index contributed by atoms with van der Waals surface area (Å²) in [7, 11) is 0. The van der Waals surface area contributed by atoms with E-state index in [9.17, 15) is 0 Å². The second kappa shape index (κ2) is 10.3. The maximum atomic E-state index is 2.83. The molecule has 2 nitrogen and oxygen atoms in total. The van der Waals surface area contributed by atoms with E-state index < -0.39 is 0 Å². The van der Waals surface area contributed by atoms with Gasteiger partial charge in [-0.15, -0.1) is 0 Å². The number of nitrogens with zero attached hydrogens (tertiary/aromatic N) is 2. The molecule has 0 aromatic heterocycles. The summed E-state index contributed by atoms with van der Waals surface area (Å²) < 4.78 is 0. The van der Waals surface area contributed by atoms with Crippen LogP contribution in [0, 0.1) is 11.8 Å². The molecule has 0 radical (unpaired) electrons. The minimum absolute atomic E-state index is 0.705. The number of benzene rings is 2. The van der Waals surface area contributed by atoms with Crippen LogP contribution in [-0.2, 0) is 0 Å². The molecule has 2 heteroatoms. The van der Waals surface area contributed by atoms with Crippen LogP contribution in [0.4, 0.5) is 0 Å². The highest BCUT2D eigenvalue weighted by atomic mass is 15.2. The molecular weight excluding hydrogens is 376 g/mol. The summed E-state index contributed by atoms with van der Waals surface area (Å²) in [4.78, 5) is 5.61. The van der Waals surface area contributed by atoms with Crippen molar-refractivity contribution in [1.82, 2.24) is 9.80 Å².